The average Bonchev–Trinajstić information content (AvgIpc) is 2.25. The fourth-order valence-electron chi connectivity index (χ4n) is 1.57. The normalized spacial score (nSPS) is 12.3. The number of benzene rings is 1. The van der Waals surface area contributed by atoms with E-state index in [2.05, 4.69) is 19.1 Å². The fraction of sp³-hybridized carbons (Fsp3) is 0.462. The molecule has 0 aliphatic rings. The highest BCUT2D eigenvalue weighted by Gasteiger charge is 2.02. The largest absolute Gasteiger partial charge is 0.550 e. The predicted molar refractivity (Wildman–Crippen MR) is 58.2 cm³/mol. The number of aryl methyl sites for hydroxylation is 1. The third kappa shape index (κ3) is 5.21. The number of carbonyl (C=O) groups is 1. The molecule has 2 heteroatoms. The second kappa shape index (κ2) is 6.23. The summed E-state index contributed by atoms with van der Waals surface area (Å²) < 4.78 is 0. The molecule has 82 valence electrons. The Hall–Kier alpha value is -1.31. The van der Waals surface area contributed by atoms with Crippen molar-refractivity contribution >= 4 is 5.97 Å². The molecule has 1 atom stereocenters. The molecule has 0 amide bonds. The van der Waals surface area contributed by atoms with Crippen molar-refractivity contribution in [2.45, 2.75) is 32.6 Å². The van der Waals surface area contributed by atoms with Crippen LogP contribution in [-0.2, 0) is 11.2 Å². The van der Waals surface area contributed by atoms with Gasteiger partial charge in [-0.05, 0) is 37.2 Å². The monoisotopic (exact) mass is 205 g/mol. The fourth-order valence-corrected chi connectivity index (χ4v) is 1.57. The minimum absolute atomic E-state index is 0.177. The van der Waals surface area contributed by atoms with Gasteiger partial charge >= 0.3 is 0 Å². The van der Waals surface area contributed by atoms with Gasteiger partial charge in [-0.1, -0.05) is 37.3 Å². The van der Waals surface area contributed by atoms with Crippen LogP contribution in [0.4, 0.5) is 0 Å². The highest BCUT2D eigenvalue weighted by atomic mass is 16.4. The average molecular weight is 205 g/mol. The van der Waals surface area contributed by atoms with E-state index < -0.39 is 5.97 Å². The second-order valence-electron chi connectivity index (χ2n) is 4.04. The molecule has 0 aliphatic carbocycles. The molecule has 1 rings (SSSR count). The lowest BCUT2D eigenvalue weighted by Crippen LogP contribution is -2.22. The van der Waals surface area contributed by atoms with Crippen LogP contribution in [0.25, 0.3) is 0 Å². The van der Waals surface area contributed by atoms with E-state index in [9.17, 15) is 9.90 Å². The van der Waals surface area contributed by atoms with Crippen molar-refractivity contribution in [3.05, 3.63) is 35.9 Å². The number of carboxylic acids is 1. The van der Waals surface area contributed by atoms with E-state index in [0.717, 1.165) is 19.3 Å². The van der Waals surface area contributed by atoms with E-state index >= 15 is 0 Å². The molecule has 0 aromatic heterocycles. The third-order valence-electron chi connectivity index (χ3n) is 2.61. The van der Waals surface area contributed by atoms with Crippen LogP contribution >= 0.6 is 0 Å². The van der Waals surface area contributed by atoms with E-state index in [1.54, 1.807) is 0 Å². The molecule has 15 heavy (non-hydrogen) atoms. The molecule has 0 saturated heterocycles. The summed E-state index contributed by atoms with van der Waals surface area (Å²) in [4.78, 5) is 10.3. The van der Waals surface area contributed by atoms with Crippen molar-refractivity contribution in [2.24, 2.45) is 5.92 Å². The molecule has 0 fully saturated rings. The highest BCUT2D eigenvalue weighted by Crippen LogP contribution is 2.13. The number of aliphatic carboxylic acids is 1. The Morgan fingerprint density at radius 1 is 1.27 bits per heavy atom. The molecule has 1 unspecified atom stereocenters. The van der Waals surface area contributed by atoms with Crippen molar-refractivity contribution < 1.29 is 9.90 Å². The lowest BCUT2D eigenvalue weighted by molar-refractivity contribution is -0.306. The number of carboxylic acid groups (broad SMARTS) is 1. The van der Waals surface area contributed by atoms with Crippen LogP contribution in [0.1, 0.15) is 31.7 Å². The van der Waals surface area contributed by atoms with Gasteiger partial charge in [0.25, 0.3) is 0 Å². The molecule has 0 saturated carbocycles. The van der Waals surface area contributed by atoms with Crippen LogP contribution in [0, 0.1) is 5.92 Å². The third-order valence-corrected chi connectivity index (χ3v) is 2.61. The van der Waals surface area contributed by atoms with E-state index in [1.807, 2.05) is 18.2 Å². The summed E-state index contributed by atoms with van der Waals surface area (Å²) in [5, 5.41) is 10.3. The van der Waals surface area contributed by atoms with Gasteiger partial charge in [-0.3, -0.25) is 0 Å². The summed E-state index contributed by atoms with van der Waals surface area (Å²) in [6.45, 7) is 2.09. The van der Waals surface area contributed by atoms with E-state index in [-0.39, 0.29) is 6.42 Å². The maximum atomic E-state index is 10.3. The van der Waals surface area contributed by atoms with Crippen LogP contribution in [-0.4, -0.2) is 5.97 Å². The maximum absolute atomic E-state index is 10.3. The Morgan fingerprint density at radius 3 is 2.53 bits per heavy atom. The van der Waals surface area contributed by atoms with Gasteiger partial charge in [-0.25, -0.2) is 0 Å². The molecular weight excluding hydrogens is 188 g/mol. The quantitative estimate of drug-likeness (QED) is 0.710. The van der Waals surface area contributed by atoms with Crippen molar-refractivity contribution in [3.8, 4) is 0 Å². The van der Waals surface area contributed by atoms with Gasteiger partial charge in [0, 0.05) is 5.97 Å². The summed E-state index contributed by atoms with van der Waals surface area (Å²) in [5.41, 5.74) is 1.32. The minimum atomic E-state index is -0.943. The van der Waals surface area contributed by atoms with Gasteiger partial charge < -0.3 is 9.90 Å². The van der Waals surface area contributed by atoms with E-state index in [0.29, 0.717) is 5.92 Å². The molecule has 1 aromatic carbocycles. The lowest BCUT2D eigenvalue weighted by Gasteiger charge is -2.11. The molecular formula is C13H17O2-. The van der Waals surface area contributed by atoms with Crippen LogP contribution in [0.2, 0.25) is 0 Å². The van der Waals surface area contributed by atoms with Crippen LogP contribution in [0.3, 0.4) is 0 Å². The first-order valence-electron chi connectivity index (χ1n) is 5.42. The number of hydrogen-bond acceptors (Lipinski definition) is 2. The van der Waals surface area contributed by atoms with Gasteiger partial charge in [-0.15, -0.1) is 0 Å². The number of hydrogen-bond donors (Lipinski definition) is 0. The SMILES string of the molecule is CC(CCC(=O)[O-])CCc1ccccc1. The molecule has 0 N–H and O–H groups in total. The maximum Gasteiger partial charge on any atom is 0.0414 e. The standard InChI is InChI=1S/C13H18O2/c1-11(8-10-13(14)15)7-9-12-5-3-2-4-6-12/h2-6,11H,7-10H2,1H3,(H,14,15)/p-1. The molecule has 1 aromatic rings. The minimum Gasteiger partial charge on any atom is -0.550 e. The van der Waals surface area contributed by atoms with Crippen molar-refractivity contribution in [2.75, 3.05) is 0 Å². The van der Waals surface area contributed by atoms with Crippen LogP contribution in [0.5, 0.6) is 0 Å². The zero-order valence-electron chi connectivity index (χ0n) is 9.11. The molecule has 0 spiro atoms. The summed E-state index contributed by atoms with van der Waals surface area (Å²) >= 11 is 0. The first-order chi connectivity index (χ1) is 7.18. The summed E-state index contributed by atoms with van der Waals surface area (Å²) in [7, 11) is 0. The Morgan fingerprint density at radius 2 is 1.93 bits per heavy atom. The highest BCUT2D eigenvalue weighted by molar-refractivity contribution is 5.64. The Bertz CT molecular complexity index is 293. The van der Waals surface area contributed by atoms with Gasteiger partial charge in [0.05, 0.1) is 0 Å². The Labute approximate surface area is 90.9 Å². The van der Waals surface area contributed by atoms with Crippen molar-refractivity contribution in [1.82, 2.24) is 0 Å². The smallest absolute Gasteiger partial charge is 0.0414 e. The van der Waals surface area contributed by atoms with Crippen molar-refractivity contribution in [3.63, 3.8) is 0 Å². The summed E-state index contributed by atoms with van der Waals surface area (Å²) in [6, 6.07) is 10.3. The molecule has 0 aliphatic heterocycles. The molecule has 2 nitrogen and oxygen atoms in total. The zero-order chi connectivity index (χ0) is 11.1. The van der Waals surface area contributed by atoms with Crippen molar-refractivity contribution in [1.29, 1.82) is 0 Å². The zero-order valence-corrected chi connectivity index (χ0v) is 9.11. The van der Waals surface area contributed by atoms with E-state index in [4.69, 9.17) is 0 Å². The summed E-state index contributed by atoms with van der Waals surface area (Å²) in [6.07, 6.45) is 2.96. The predicted octanol–water partition coefficient (Wildman–Crippen LogP) is 1.79. The first-order valence-corrected chi connectivity index (χ1v) is 5.42. The number of carbonyl (C=O) groups excluding carboxylic acids is 1. The summed E-state index contributed by atoms with van der Waals surface area (Å²) in [5.74, 6) is -0.496. The van der Waals surface area contributed by atoms with E-state index in [1.165, 1.54) is 5.56 Å². The molecule has 0 radical (unpaired) electrons. The van der Waals surface area contributed by atoms with Crippen LogP contribution < -0.4 is 5.11 Å². The van der Waals surface area contributed by atoms with Gasteiger partial charge in [0.2, 0.25) is 0 Å². The Balaban J connectivity index is 2.22. The van der Waals surface area contributed by atoms with Gasteiger partial charge in [0.15, 0.2) is 0 Å². The second-order valence-corrected chi connectivity index (χ2v) is 4.04. The Kier molecular flexibility index (Phi) is 4.88. The molecule has 0 bridgehead atoms. The van der Waals surface area contributed by atoms with Gasteiger partial charge in [-0.2, -0.15) is 0 Å². The number of rotatable bonds is 6. The first kappa shape index (κ1) is 11.8. The molecule has 0 heterocycles. The van der Waals surface area contributed by atoms with Crippen LogP contribution in [0.15, 0.2) is 30.3 Å². The topological polar surface area (TPSA) is 40.1 Å². The lowest BCUT2D eigenvalue weighted by atomic mass is 9.97. The van der Waals surface area contributed by atoms with Gasteiger partial charge in [0.1, 0.15) is 0 Å².